The molecule has 172 valence electrons. The van der Waals surface area contributed by atoms with Crippen molar-refractivity contribution < 1.29 is 14.3 Å². The molecular weight excluding hydrogens is 402 g/mol. The van der Waals surface area contributed by atoms with Gasteiger partial charge in [0.1, 0.15) is 5.75 Å². The van der Waals surface area contributed by atoms with Gasteiger partial charge in [0.05, 0.1) is 6.04 Å². The van der Waals surface area contributed by atoms with Gasteiger partial charge in [-0.05, 0) is 77.0 Å². The fraction of sp³-hybridized carbons (Fsp3) is 0.462. The second-order valence-corrected chi connectivity index (χ2v) is 8.84. The van der Waals surface area contributed by atoms with Crippen molar-refractivity contribution in [2.75, 3.05) is 27.2 Å². The molecule has 1 aliphatic heterocycles. The molecule has 0 aliphatic carbocycles. The standard InChI is InChI=1S/C26H35N3O3/c1-19-9-8-10-20(2)29(19)25(30)18-32-23-15-13-22(14-16-23)26(31)27-17-24(28(3)4)21-11-6-5-7-12-21/h5-7,11-16,19-20,24H,8-10,17-18H2,1-4H3,(H,27,31). The lowest BCUT2D eigenvalue weighted by Gasteiger charge is -2.38. The molecule has 1 aliphatic rings. The first-order valence-electron chi connectivity index (χ1n) is 11.4. The SMILES string of the molecule is CC1CCCC(C)N1C(=O)COc1ccc(C(=O)NCC(c2ccccc2)N(C)C)cc1. The normalized spacial score (nSPS) is 19.5. The minimum Gasteiger partial charge on any atom is -0.484 e. The van der Waals surface area contributed by atoms with Crippen LogP contribution in [0.4, 0.5) is 0 Å². The van der Waals surface area contributed by atoms with Crippen LogP contribution in [0.25, 0.3) is 0 Å². The molecule has 2 amide bonds. The number of nitrogens with one attached hydrogen (secondary N) is 1. The van der Waals surface area contributed by atoms with E-state index >= 15 is 0 Å². The van der Waals surface area contributed by atoms with E-state index < -0.39 is 0 Å². The molecular formula is C26H35N3O3. The Kier molecular flexibility index (Phi) is 8.28. The van der Waals surface area contributed by atoms with Gasteiger partial charge in [-0.2, -0.15) is 0 Å². The molecule has 1 fully saturated rings. The van der Waals surface area contributed by atoms with E-state index in [1.165, 1.54) is 0 Å². The molecule has 0 aromatic heterocycles. The number of nitrogens with zero attached hydrogens (tertiary/aromatic N) is 2. The van der Waals surface area contributed by atoms with Gasteiger partial charge in [0.15, 0.2) is 6.61 Å². The zero-order valence-electron chi connectivity index (χ0n) is 19.6. The average molecular weight is 438 g/mol. The first kappa shape index (κ1) is 23.8. The van der Waals surface area contributed by atoms with Crippen LogP contribution in [0, 0.1) is 0 Å². The summed E-state index contributed by atoms with van der Waals surface area (Å²) in [5.41, 5.74) is 1.72. The Balaban J connectivity index is 1.52. The molecule has 3 unspecified atom stereocenters. The van der Waals surface area contributed by atoms with Crippen LogP contribution in [0.15, 0.2) is 54.6 Å². The summed E-state index contributed by atoms with van der Waals surface area (Å²) in [6.07, 6.45) is 3.24. The van der Waals surface area contributed by atoms with Gasteiger partial charge in [0.25, 0.3) is 11.8 Å². The quantitative estimate of drug-likeness (QED) is 0.681. The third kappa shape index (κ3) is 6.10. The van der Waals surface area contributed by atoms with Crippen molar-refractivity contribution in [1.82, 2.24) is 15.1 Å². The van der Waals surface area contributed by atoms with E-state index in [-0.39, 0.29) is 36.5 Å². The summed E-state index contributed by atoms with van der Waals surface area (Å²) in [5.74, 6) is 0.469. The molecule has 3 atom stereocenters. The van der Waals surface area contributed by atoms with Crippen LogP contribution in [-0.2, 0) is 4.79 Å². The predicted octanol–water partition coefficient (Wildman–Crippen LogP) is 3.89. The number of piperidine rings is 1. The highest BCUT2D eigenvalue weighted by Crippen LogP contribution is 2.23. The highest BCUT2D eigenvalue weighted by Gasteiger charge is 2.29. The number of carbonyl (C=O) groups excluding carboxylic acids is 2. The van der Waals surface area contributed by atoms with Crippen molar-refractivity contribution in [3.63, 3.8) is 0 Å². The molecule has 3 rings (SSSR count). The molecule has 32 heavy (non-hydrogen) atoms. The maximum atomic E-state index is 12.6. The first-order valence-corrected chi connectivity index (χ1v) is 11.4. The molecule has 0 radical (unpaired) electrons. The zero-order chi connectivity index (χ0) is 23.1. The number of carbonyl (C=O) groups is 2. The second-order valence-electron chi connectivity index (χ2n) is 8.84. The Morgan fingerprint density at radius 1 is 1.03 bits per heavy atom. The Hall–Kier alpha value is -2.86. The third-order valence-corrected chi connectivity index (χ3v) is 6.22. The number of rotatable bonds is 8. The van der Waals surface area contributed by atoms with Crippen LogP contribution in [0.1, 0.15) is 55.1 Å². The van der Waals surface area contributed by atoms with Gasteiger partial charge in [0.2, 0.25) is 0 Å². The van der Waals surface area contributed by atoms with E-state index in [1.54, 1.807) is 24.3 Å². The highest BCUT2D eigenvalue weighted by atomic mass is 16.5. The number of likely N-dealkylation sites (N-methyl/N-ethyl adjacent to an activating group) is 1. The first-order chi connectivity index (χ1) is 15.4. The fourth-order valence-electron chi connectivity index (χ4n) is 4.40. The molecule has 1 N–H and O–H groups in total. The van der Waals surface area contributed by atoms with Gasteiger partial charge in [0, 0.05) is 24.2 Å². The lowest BCUT2D eigenvalue weighted by Crippen LogP contribution is -2.49. The van der Waals surface area contributed by atoms with Gasteiger partial charge in [-0.25, -0.2) is 0 Å². The molecule has 6 heteroatoms. The van der Waals surface area contributed by atoms with Crippen LogP contribution in [-0.4, -0.2) is 60.9 Å². The lowest BCUT2D eigenvalue weighted by atomic mass is 9.97. The molecule has 0 bridgehead atoms. The van der Waals surface area contributed by atoms with Crippen LogP contribution in [0.5, 0.6) is 5.75 Å². The van der Waals surface area contributed by atoms with Gasteiger partial charge >= 0.3 is 0 Å². The van der Waals surface area contributed by atoms with E-state index in [2.05, 4.69) is 36.2 Å². The molecule has 2 aromatic rings. The molecule has 1 saturated heterocycles. The van der Waals surface area contributed by atoms with Gasteiger partial charge in [-0.3, -0.25) is 9.59 Å². The Morgan fingerprint density at radius 3 is 2.25 bits per heavy atom. The van der Waals surface area contributed by atoms with Crippen molar-refractivity contribution in [3.8, 4) is 5.75 Å². The highest BCUT2D eigenvalue weighted by molar-refractivity contribution is 5.94. The average Bonchev–Trinajstić information content (AvgIpc) is 2.78. The smallest absolute Gasteiger partial charge is 0.260 e. The molecule has 2 aromatic carbocycles. The largest absolute Gasteiger partial charge is 0.484 e. The summed E-state index contributed by atoms with van der Waals surface area (Å²) in [4.78, 5) is 29.3. The number of benzene rings is 2. The number of hydrogen-bond acceptors (Lipinski definition) is 4. The van der Waals surface area contributed by atoms with Crippen molar-refractivity contribution in [2.45, 2.75) is 51.2 Å². The Morgan fingerprint density at radius 2 is 1.66 bits per heavy atom. The topological polar surface area (TPSA) is 61.9 Å². The predicted molar refractivity (Wildman–Crippen MR) is 127 cm³/mol. The third-order valence-electron chi connectivity index (χ3n) is 6.22. The second kappa shape index (κ2) is 11.1. The summed E-state index contributed by atoms with van der Waals surface area (Å²) >= 11 is 0. The van der Waals surface area contributed by atoms with Gasteiger partial charge in [-0.15, -0.1) is 0 Å². The summed E-state index contributed by atoms with van der Waals surface area (Å²) < 4.78 is 5.71. The summed E-state index contributed by atoms with van der Waals surface area (Å²) in [6.45, 7) is 4.72. The fourth-order valence-corrected chi connectivity index (χ4v) is 4.40. The van der Waals surface area contributed by atoms with E-state index in [9.17, 15) is 9.59 Å². The maximum Gasteiger partial charge on any atom is 0.260 e. The van der Waals surface area contributed by atoms with E-state index in [4.69, 9.17) is 4.74 Å². The van der Waals surface area contributed by atoms with Gasteiger partial charge < -0.3 is 19.9 Å². The van der Waals surface area contributed by atoms with Crippen molar-refractivity contribution in [2.24, 2.45) is 0 Å². The Labute approximate surface area is 191 Å². The van der Waals surface area contributed by atoms with Crippen LogP contribution >= 0.6 is 0 Å². The Bertz CT molecular complexity index is 873. The molecule has 0 saturated carbocycles. The summed E-state index contributed by atoms with van der Waals surface area (Å²) in [6, 6.07) is 17.7. The minimum absolute atomic E-state index is 0.0157. The van der Waals surface area contributed by atoms with Crippen molar-refractivity contribution in [3.05, 3.63) is 65.7 Å². The van der Waals surface area contributed by atoms with E-state index in [0.29, 0.717) is 17.9 Å². The monoisotopic (exact) mass is 437 g/mol. The molecule has 6 nitrogen and oxygen atoms in total. The molecule has 1 heterocycles. The molecule has 0 spiro atoms. The summed E-state index contributed by atoms with van der Waals surface area (Å²) in [5, 5.41) is 3.02. The lowest BCUT2D eigenvalue weighted by molar-refractivity contribution is -0.139. The summed E-state index contributed by atoms with van der Waals surface area (Å²) in [7, 11) is 4.01. The van der Waals surface area contributed by atoms with E-state index in [0.717, 1.165) is 24.8 Å². The van der Waals surface area contributed by atoms with Crippen molar-refractivity contribution >= 4 is 11.8 Å². The van der Waals surface area contributed by atoms with E-state index in [1.807, 2.05) is 37.2 Å². The number of hydrogen-bond donors (Lipinski definition) is 1. The van der Waals surface area contributed by atoms with Crippen molar-refractivity contribution in [1.29, 1.82) is 0 Å². The van der Waals surface area contributed by atoms with Gasteiger partial charge in [-0.1, -0.05) is 30.3 Å². The zero-order valence-corrected chi connectivity index (χ0v) is 19.6. The number of likely N-dealkylation sites (tertiary alicyclic amines) is 1. The van der Waals surface area contributed by atoms with Crippen LogP contribution in [0.3, 0.4) is 0 Å². The van der Waals surface area contributed by atoms with Crippen LogP contribution in [0.2, 0.25) is 0 Å². The van der Waals surface area contributed by atoms with Crippen LogP contribution < -0.4 is 10.1 Å². The minimum atomic E-state index is -0.133. The number of ether oxygens (including phenoxy) is 1. The maximum absolute atomic E-state index is 12.6. The number of amides is 2.